The highest BCUT2D eigenvalue weighted by Gasteiger charge is 2.13. The molecule has 0 N–H and O–H groups in total. The van der Waals surface area contributed by atoms with Gasteiger partial charge in [0.15, 0.2) is 0 Å². The second-order valence-corrected chi connectivity index (χ2v) is 4.45. The van der Waals surface area contributed by atoms with Gasteiger partial charge < -0.3 is 0 Å². The molecule has 0 aromatic rings. The Bertz CT molecular complexity index is 328. The lowest BCUT2D eigenvalue weighted by molar-refractivity contribution is 0.617. The Labute approximate surface area is 93.1 Å². The maximum Gasteiger partial charge on any atom is -0.0163 e. The highest BCUT2D eigenvalue weighted by atomic mass is 14.2. The van der Waals surface area contributed by atoms with Crippen LogP contribution in [0.2, 0.25) is 0 Å². The molecule has 0 aromatic heterocycles. The van der Waals surface area contributed by atoms with Gasteiger partial charge in [-0.15, -0.1) is 6.08 Å². The van der Waals surface area contributed by atoms with E-state index in [0.717, 1.165) is 17.9 Å². The number of hydrogen-bond donors (Lipinski definition) is 0. The van der Waals surface area contributed by atoms with Crippen LogP contribution in [-0.4, -0.2) is 0 Å². The average molecular weight is 199 g/mol. The SMILES string of the molecule is C=C1C=CC(C2=CCC(CC)C=C2)C[CH-]1. The van der Waals surface area contributed by atoms with Gasteiger partial charge in [0.1, 0.15) is 0 Å². The van der Waals surface area contributed by atoms with Gasteiger partial charge in [0, 0.05) is 0 Å². The fourth-order valence-corrected chi connectivity index (χ4v) is 2.17. The molecule has 0 saturated carbocycles. The summed E-state index contributed by atoms with van der Waals surface area (Å²) in [6, 6.07) is 0. The first-order chi connectivity index (χ1) is 7.29. The zero-order valence-electron chi connectivity index (χ0n) is 9.45. The first-order valence-corrected chi connectivity index (χ1v) is 5.88. The van der Waals surface area contributed by atoms with E-state index in [9.17, 15) is 0 Å². The van der Waals surface area contributed by atoms with Crippen LogP contribution in [0.15, 0.2) is 48.1 Å². The standard InChI is InChI=1S/C15H19/c1-3-13-6-10-15(11-7-13)14-8-4-12(2)5-9-14/h4-6,8,10-11,13-14H,2-3,7,9H2,1H3/q-1. The second kappa shape index (κ2) is 4.57. The third-order valence-electron chi connectivity index (χ3n) is 3.35. The molecule has 0 heterocycles. The summed E-state index contributed by atoms with van der Waals surface area (Å²) in [6.07, 6.45) is 17.3. The van der Waals surface area contributed by atoms with E-state index in [-0.39, 0.29) is 0 Å². The van der Waals surface area contributed by atoms with Crippen molar-refractivity contribution in [3.8, 4) is 0 Å². The molecule has 2 aliphatic carbocycles. The number of allylic oxidation sites excluding steroid dienone is 7. The van der Waals surface area contributed by atoms with Gasteiger partial charge in [-0.2, -0.15) is 24.6 Å². The quantitative estimate of drug-likeness (QED) is 0.584. The van der Waals surface area contributed by atoms with Crippen LogP contribution in [-0.2, 0) is 0 Å². The maximum atomic E-state index is 3.94. The molecule has 0 aliphatic heterocycles. The predicted octanol–water partition coefficient (Wildman–Crippen LogP) is 4.24. The molecule has 2 rings (SSSR count). The van der Waals surface area contributed by atoms with E-state index in [0.29, 0.717) is 5.92 Å². The molecule has 0 bridgehead atoms. The summed E-state index contributed by atoms with van der Waals surface area (Å²) in [7, 11) is 0. The summed E-state index contributed by atoms with van der Waals surface area (Å²) >= 11 is 0. The highest BCUT2D eigenvalue weighted by Crippen LogP contribution is 2.30. The normalized spacial score (nSPS) is 29.9. The Balaban J connectivity index is 2.02. The molecule has 2 unspecified atom stereocenters. The third kappa shape index (κ3) is 2.44. The van der Waals surface area contributed by atoms with Crippen molar-refractivity contribution in [2.45, 2.75) is 26.2 Å². The molecule has 80 valence electrons. The fourth-order valence-electron chi connectivity index (χ4n) is 2.17. The molecular weight excluding hydrogens is 180 g/mol. The van der Waals surface area contributed by atoms with E-state index in [1.807, 2.05) is 0 Å². The van der Waals surface area contributed by atoms with Crippen molar-refractivity contribution in [3.63, 3.8) is 0 Å². The fraction of sp³-hybridized carbons (Fsp3) is 0.400. The Morgan fingerprint density at radius 1 is 1.40 bits per heavy atom. The van der Waals surface area contributed by atoms with Gasteiger partial charge >= 0.3 is 0 Å². The first-order valence-electron chi connectivity index (χ1n) is 5.88. The molecule has 0 saturated heterocycles. The zero-order valence-corrected chi connectivity index (χ0v) is 9.45. The van der Waals surface area contributed by atoms with Gasteiger partial charge in [0.2, 0.25) is 0 Å². The van der Waals surface area contributed by atoms with Gasteiger partial charge in [-0.05, 0) is 30.3 Å². The molecule has 15 heavy (non-hydrogen) atoms. The average Bonchev–Trinajstić information content (AvgIpc) is 2.30. The lowest BCUT2D eigenvalue weighted by Gasteiger charge is -2.26. The van der Waals surface area contributed by atoms with Crippen LogP contribution in [0, 0.1) is 18.3 Å². The number of rotatable bonds is 2. The third-order valence-corrected chi connectivity index (χ3v) is 3.35. The lowest BCUT2D eigenvalue weighted by Crippen LogP contribution is -2.08. The Morgan fingerprint density at radius 2 is 2.27 bits per heavy atom. The molecule has 0 heteroatoms. The van der Waals surface area contributed by atoms with E-state index in [2.05, 4.69) is 50.3 Å². The first kappa shape index (κ1) is 10.4. The summed E-state index contributed by atoms with van der Waals surface area (Å²) in [4.78, 5) is 0. The molecule has 0 amide bonds. The van der Waals surface area contributed by atoms with Crippen molar-refractivity contribution in [2.75, 3.05) is 0 Å². The largest absolute Gasteiger partial charge is 0.199 e. The van der Waals surface area contributed by atoms with E-state index < -0.39 is 0 Å². The van der Waals surface area contributed by atoms with Gasteiger partial charge in [-0.25, -0.2) is 0 Å². The van der Waals surface area contributed by atoms with E-state index in [1.165, 1.54) is 18.4 Å². The van der Waals surface area contributed by atoms with Crippen LogP contribution in [0.25, 0.3) is 0 Å². The van der Waals surface area contributed by atoms with Crippen molar-refractivity contribution in [2.24, 2.45) is 11.8 Å². The summed E-state index contributed by atoms with van der Waals surface area (Å²) in [5.41, 5.74) is 2.64. The van der Waals surface area contributed by atoms with Crippen molar-refractivity contribution in [1.82, 2.24) is 0 Å². The minimum atomic E-state index is 0.588. The van der Waals surface area contributed by atoms with Gasteiger partial charge in [0.05, 0.1) is 0 Å². The van der Waals surface area contributed by atoms with Crippen LogP contribution in [0.4, 0.5) is 0 Å². The Morgan fingerprint density at radius 3 is 2.80 bits per heavy atom. The minimum absolute atomic E-state index is 0.588. The van der Waals surface area contributed by atoms with E-state index in [4.69, 9.17) is 0 Å². The van der Waals surface area contributed by atoms with Crippen molar-refractivity contribution in [3.05, 3.63) is 54.5 Å². The van der Waals surface area contributed by atoms with Crippen molar-refractivity contribution in [1.29, 1.82) is 0 Å². The molecule has 0 fully saturated rings. The molecule has 0 nitrogen and oxygen atoms in total. The van der Waals surface area contributed by atoms with Crippen molar-refractivity contribution < 1.29 is 0 Å². The number of hydrogen-bond acceptors (Lipinski definition) is 0. The van der Waals surface area contributed by atoms with Crippen LogP contribution < -0.4 is 0 Å². The van der Waals surface area contributed by atoms with Gasteiger partial charge in [-0.3, -0.25) is 0 Å². The molecule has 0 aromatic carbocycles. The molecule has 2 aliphatic rings. The van der Waals surface area contributed by atoms with Crippen LogP contribution in [0.1, 0.15) is 26.2 Å². The molecular formula is C15H19-. The molecule has 2 atom stereocenters. The predicted molar refractivity (Wildman–Crippen MR) is 66.3 cm³/mol. The lowest BCUT2D eigenvalue weighted by atomic mass is 9.83. The van der Waals surface area contributed by atoms with Crippen LogP contribution in [0.3, 0.4) is 0 Å². The second-order valence-electron chi connectivity index (χ2n) is 4.45. The van der Waals surface area contributed by atoms with Gasteiger partial charge in [-0.1, -0.05) is 31.6 Å². The van der Waals surface area contributed by atoms with Gasteiger partial charge in [0.25, 0.3) is 0 Å². The highest BCUT2D eigenvalue weighted by molar-refractivity contribution is 5.36. The van der Waals surface area contributed by atoms with Crippen molar-refractivity contribution >= 4 is 0 Å². The summed E-state index contributed by atoms with van der Waals surface area (Å²) < 4.78 is 0. The summed E-state index contributed by atoms with van der Waals surface area (Å²) in [5.74, 6) is 1.35. The van der Waals surface area contributed by atoms with E-state index in [1.54, 1.807) is 0 Å². The Kier molecular flexibility index (Phi) is 3.15. The maximum absolute atomic E-state index is 3.94. The minimum Gasteiger partial charge on any atom is -0.199 e. The molecule has 0 radical (unpaired) electrons. The molecule has 0 spiro atoms. The van der Waals surface area contributed by atoms with Crippen LogP contribution in [0.5, 0.6) is 0 Å². The summed E-state index contributed by atoms with van der Waals surface area (Å²) in [6.45, 7) is 6.20. The zero-order chi connectivity index (χ0) is 10.7. The smallest absolute Gasteiger partial charge is 0.0163 e. The van der Waals surface area contributed by atoms with E-state index >= 15 is 0 Å². The summed E-state index contributed by atoms with van der Waals surface area (Å²) in [5, 5.41) is 0. The van der Waals surface area contributed by atoms with Crippen LogP contribution >= 0.6 is 0 Å². The Hall–Kier alpha value is -1.17. The monoisotopic (exact) mass is 199 g/mol. The topological polar surface area (TPSA) is 0 Å².